The van der Waals surface area contributed by atoms with Gasteiger partial charge in [-0.2, -0.15) is 0 Å². The molecule has 0 aliphatic rings. The maximum absolute atomic E-state index is 11.7. The van der Waals surface area contributed by atoms with E-state index in [4.69, 9.17) is 4.74 Å². The van der Waals surface area contributed by atoms with Gasteiger partial charge in [-0.15, -0.1) is 0 Å². The van der Waals surface area contributed by atoms with Crippen LogP contribution in [0.15, 0.2) is 47.4 Å². The number of amides is 2. The topological polar surface area (TPSA) is 89.4 Å². The Morgan fingerprint density at radius 2 is 1.79 bits per heavy atom. The van der Waals surface area contributed by atoms with E-state index in [1.54, 1.807) is 18.2 Å². The van der Waals surface area contributed by atoms with Crippen LogP contribution in [0.3, 0.4) is 0 Å². The molecule has 1 aromatic heterocycles. The van der Waals surface area contributed by atoms with Gasteiger partial charge in [-0.05, 0) is 43.2 Å². The Morgan fingerprint density at radius 1 is 1.04 bits per heavy atom. The van der Waals surface area contributed by atoms with Crippen LogP contribution in [0.1, 0.15) is 11.1 Å². The summed E-state index contributed by atoms with van der Waals surface area (Å²) in [6.07, 6.45) is 1.49. The van der Waals surface area contributed by atoms with Crippen molar-refractivity contribution in [2.75, 3.05) is 6.61 Å². The molecule has 0 radical (unpaired) electrons. The Balaban J connectivity index is 1.76. The molecule has 2 aromatic rings. The Bertz CT molecular complexity index is 798. The van der Waals surface area contributed by atoms with E-state index < -0.39 is 11.8 Å². The monoisotopic (exact) mass is 329 g/mol. The van der Waals surface area contributed by atoms with Crippen LogP contribution in [-0.2, 0) is 16.1 Å². The van der Waals surface area contributed by atoms with Crippen molar-refractivity contribution in [3.8, 4) is 5.75 Å². The number of aryl methyl sites for hydroxylation is 2. The number of hydrogen-bond donors (Lipinski definition) is 2. The minimum atomic E-state index is -0.511. The first-order valence-electron chi connectivity index (χ1n) is 7.39. The molecule has 0 spiro atoms. The van der Waals surface area contributed by atoms with Crippen molar-refractivity contribution in [3.05, 3.63) is 64.1 Å². The molecule has 2 amide bonds. The number of hydrazine groups is 1. The minimum Gasteiger partial charge on any atom is -0.484 e. The van der Waals surface area contributed by atoms with Crippen molar-refractivity contribution >= 4 is 11.8 Å². The maximum Gasteiger partial charge on any atom is 0.276 e. The van der Waals surface area contributed by atoms with Gasteiger partial charge in [0, 0.05) is 12.3 Å². The van der Waals surface area contributed by atoms with E-state index >= 15 is 0 Å². The molecule has 0 aliphatic heterocycles. The normalized spacial score (nSPS) is 10.1. The lowest BCUT2D eigenvalue weighted by Gasteiger charge is -2.10. The van der Waals surface area contributed by atoms with Crippen molar-refractivity contribution in [1.82, 2.24) is 15.4 Å². The zero-order valence-electron chi connectivity index (χ0n) is 13.5. The molecule has 7 heteroatoms. The number of nitrogens with zero attached hydrogens (tertiary/aromatic N) is 1. The number of benzene rings is 1. The molecule has 0 atom stereocenters. The predicted octanol–water partition coefficient (Wildman–Crippen LogP) is 0.692. The number of carbonyl (C=O) groups excluding carboxylic acids is 2. The summed E-state index contributed by atoms with van der Waals surface area (Å²) >= 11 is 0. The smallest absolute Gasteiger partial charge is 0.276 e. The number of nitrogens with one attached hydrogen (secondary N) is 2. The van der Waals surface area contributed by atoms with Gasteiger partial charge in [0.1, 0.15) is 12.3 Å². The molecule has 0 saturated heterocycles. The summed E-state index contributed by atoms with van der Waals surface area (Å²) in [7, 11) is 0. The van der Waals surface area contributed by atoms with Gasteiger partial charge in [0.2, 0.25) is 0 Å². The first-order valence-corrected chi connectivity index (χ1v) is 7.39. The molecule has 24 heavy (non-hydrogen) atoms. The number of carbonyl (C=O) groups is 2. The van der Waals surface area contributed by atoms with Crippen molar-refractivity contribution in [2.45, 2.75) is 20.4 Å². The highest BCUT2D eigenvalue weighted by Gasteiger charge is 2.07. The second kappa shape index (κ2) is 7.96. The second-order valence-corrected chi connectivity index (χ2v) is 5.30. The van der Waals surface area contributed by atoms with E-state index in [9.17, 15) is 14.4 Å². The molecule has 0 aliphatic carbocycles. The van der Waals surface area contributed by atoms with Gasteiger partial charge < -0.3 is 9.30 Å². The van der Waals surface area contributed by atoms with Crippen LogP contribution in [0.2, 0.25) is 0 Å². The van der Waals surface area contributed by atoms with Crippen molar-refractivity contribution in [2.24, 2.45) is 0 Å². The first-order chi connectivity index (χ1) is 11.5. The standard InChI is InChI=1S/C17H19N3O4/c1-12-6-7-14(9-13(12)2)24-11-16(22)19-18-15(21)10-20-8-4-3-5-17(20)23/h3-9H,10-11H2,1-2H3,(H,18,21)(H,19,22). The van der Waals surface area contributed by atoms with Gasteiger partial charge in [0.15, 0.2) is 6.61 Å². The van der Waals surface area contributed by atoms with Gasteiger partial charge in [0.25, 0.3) is 17.4 Å². The predicted molar refractivity (Wildman–Crippen MR) is 88.4 cm³/mol. The third-order valence-electron chi connectivity index (χ3n) is 3.40. The van der Waals surface area contributed by atoms with Crippen molar-refractivity contribution < 1.29 is 14.3 Å². The number of hydrogen-bond acceptors (Lipinski definition) is 4. The summed E-state index contributed by atoms with van der Waals surface area (Å²) in [4.78, 5) is 34.9. The third kappa shape index (κ3) is 4.98. The SMILES string of the molecule is Cc1ccc(OCC(=O)NNC(=O)Cn2ccccc2=O)cc1C. The molecule has 0 fully saturated rings. The van der Waals surface area contributed by atoms with E-state index in [0.29, 0.717) is 5.75 Å². The Morgan fingerprint density at radius 3 is 2.50 bits per heavy atom. The Kier molecular flexibility index (Phi) is 5.73. The molecular weight excluding hydrogens is 310 g/mol. The highest BCUT2D eigenvalue weighted by molar-refractivity contribution is 5.82. The van der Waals surface area contributed by atoms with Gasteiger partial charge >= 0.3 is 0 Å². The fraction of sp³-hybridized carbons (Fsp3) is 0.235. The lowest BCUT2D eigenvalue weighted by Crippen LogP contribution is -2.45. The zero-order valence-corrected chi connectivity index (χ0v) is 13.5. The molecular formula is C17H19N3O4. The average molecular weight is 329 g/mol. The van der Waals surface area contributed by atoms with Crippen LogP contribution >= 0.6 is 0 Å². The van der Waals surface area contributed by atoms with Crippen LogP contribution in [-0.4, -0.2) is 23.0 Å². The highest BCUT2D eigenvalue weighted by Crippen LogP contribution is 2.16. The Labute approximate surface area is 139 Å². The van der Waals surface area contributed by atoms with Crippen molar-refractivity contribution in [1.29, 1.82) is 0 Å². The van der Waals surface area contributed by atoms with E-state index in [1.807, 2.05) is 26.0 Å². The number of ether oxygens (including phenoxy) is 1. The van der Waals surface area contributed by atoms with Crippen LogP contribution in [0, 0.1) is 13.8 Å². The Hall–Kier alpha value is -3.09. The summed E-state index contributed by atoms with van der Waals surface area (Å²) in [5.74, 6) is -0.430. The van der Waals surface area contributed by atoms with E-state index in [-0.39, 0.29) is 18.7 Å². The van der Waals surface area contributed by atoms with Crippen LogP contribution in [0.5, 0.6) is 5.75 Å². The second-order valence-electron chi connectivity index (χ2n) is 5.30. The molecule has 7 nitrogen and oxygen atoms in total. The van der Waals surface area contributed by atoms with Crippen LogP contribution in [0.4, 0.5) is 0 Å². The summed E-state index contributed by atoms with van der Waals surface area (Å²) in [6.45, 7) is 3.53. The summed E-state index contributed by atoms with van der Waals surface area (Å²) in [5.41, 5.74) is 6.38. The maximum atomic E-state index is 11.7. The third-order valence-corrected chi connectivity index (χ3v) is 3.40. The highest BCUT2D eigenvalue weighted by atomic mass is 16.5. The molecule has 2 N–H and O–H groups in total. The quantitative estimate of drug-likeness (QED) is 0.790. The molecule has 126 valence electrons. The summed E-state index contributed by atoms with van der Waals surface area (Å²) < 4.78 is 6.58. The summed E-state index contributed by atoms with van der Waals surface area (Å²) in [6, 6.07) is 10.1. The molecule has 0 saturated carbocycles. The van der Waals surface area contributed by atoms with Crippen LogP contribution in [0.25, 0.3) is 0 Å². The van der Waals surface area contributed by atoms with Gasteiger partial charge in [-0.3, -0.25) is 25.2 Å². The first kappa shape index (κ1) is 17.3. The van der Waals surface area contributed by atoms with Gasteiger partial charge in [0.05, 0.1) is 0 Å². The van der Waals surface area contributed by atoms with E-state index in [0.717, 1.165) is 11.1 Å². The van der Waals surface area contributed by atoms with Crippen molar-refractivity contribution in [3.63, 3.8) is 0 Å². The molecule has 1 aromatic carbocycles. The number of aromatic nitrogens is 1. The van der Waals surface area contributed by atoms with Crippen LogP contribution < -0.4 is 21.1 Å². The van der Waals surface area contributed by atoms with E-state index in [2.05, 4.69) is 10.9 Å². The average Bonchev–Trinajstić information content (AvgIpc) is 2.56. The lowest BCUT2D eigenvalue weighted by atomic mass is 10.1. The van der Waals surface area contributed by atoms with Gasteiger partial charge in [-0.25, -0.2) is 0 Å². The van der Waals surface area contributed by atoms with Gasteiger partial charge in [-0.1, -0.05) is 12.1 Å². The fourth-order valence-corrected chi connectivity index (χ4v) is 1.91. The lowest BCUT2D eigenvalue weighted by molar-refractivity contribution is -0.130. The number of rotatable bonds is 5. The number of pyridine rings is 1. The minimum absolute atomic E-state index is 0.183. The zero-order chi connectivity index (χ0) is 17.5. The molecule has 0 unspecified atom stereocenters. The largest absolute Gasteiger partial charge is 0.484 e. The molecule has 1 heterocycles. The molecule has 0 bridgehead atoms. The molecule has 2 rings (SSSR count). The van der Waals surface area contributed by atoms with E-state index in [1.165, 1.54) is 16.8 Å². The fourth-order valence-electron chi connectivity index (χ4n) is 1.91. The summed E-state index contributed by atoms with van der Waals surface area (Å²) in [5, 5.41) is 0.